The second-order valence-corrected chi connectivity index (χ2v) is 6.83. The maximum absolute atomic E-state index is 6.03. The van der Waals surface area contributed by atoms with Crippen LogP contribution in [-0.2, 0) is 6.54 Å². The third kappa shape index (κ3) is 4.76. The first-order valence-electron chi connectivity index (χ1n) is 9.17. The summed E-state index contributed by atoms with van der Waals surface area (Å²) in [5.74, 6) is 1.40. The van der Waals surface area contributed by atoms with Gasteiger partial charge in [-0.2, -0.15) is 0 Å². The average molecular weight is 346 g/mol. The van der Waals surface area contributed by atoms with E-state index in [2.05, 4.69) is 28.2 Å². The van der Waals surface area contributed by atoms with Gasteiger partial charge in [0.15, 0.2) is 6.29 Å². The quantitative estimate of drug-likeness (QED) is 0.721. The lowest BCUT2D eigenvalue weighted by molar-refractivity contribution is 0.157. The number of likely N-dealkylation sites (tertiary alicyclic amines) is 1. The molecule has 2 aliphatic rings. The molecule has 1 atom stereocenters. The van der Waals surface area contributed by atoms with Gasteiger partial charge in [0.2, 0.25) is 5.96 Å². The molecule has 1 aromatic rings. The third-order valence-electron chi connectivity index (χ3n) is 4.82. The minimum Gasteiger partial charge on any atom is -0.494 e. The second-order valence-electron chi connectivity index (χ2n) is 6.83. The summed E-state index contributed by atoms with van der Waals surface area (Å²) in [6, 6.07) is 8.42. The standard InChI is InChI=1S/C18H30N6O/c1-22-18(20)24(17(19)21-22)11-6-12-25-16-8-5-7-15(13-16)14-23-9-3-2-4-10-23/h5,7-8,13,18H,2-4,6,9-12,14,20H2,1H3,(H2,19,21). The van der Waals surface area contributed by atoms with E-state index in [9.17, 15) is 0 Å². The topological polar surface area (TPSA) is 83.4 Å². The first-order chi connectivity index (χ1) is 12.1. The summed E-state index contributed by atoms with van der Waals surface area (Å²) in [5, 5.41) is 5.81. The van der Waals surface area contributed by atoms with Gasteiger partial charge in [-0.05, 0) is 50.0 Å². The maximum atomic E-state index is 6.03. The summed E-state index contributed by atoms with van der Waals surface area (Å²) in [4.78, 5) is 4.41. The largest absolute Gasteiger partial charge is 0.494 e. The van der Waals surface area contributed by atoms with Gasteiger partial charge in [0.1, 0.15) is 5.75 Å². The van der Waals surface area contributed by atoms with E-state index >= 15 is 0 Å². The Hall–Kier alpha value is -1.99. The van der Waals surface area contributed by atoms with Gasteiger partial charge in [-0.1, -0.05) is 18.6 Å². The summed E-state index contributed by atoms with van der Waals surface area (Å²) in [6.45, 7) is 4.79. The molecule has 0 radical (unpaired) electrons. The smallest absolute Gasteiger partial charge is 0.216 e. The molecule has 3 rings (SSSR count). The minimum absolute atomic E-state index is 0.284. The van der Waals surface area contributed by atoms with Gasteiger partial charge in [0.05, 0.1) is 6.61 Å². The Morgan fingerprint density at radius 1 is 1.24 bits per heavy atom. The van der Waals surface area contributed by atoms with Gasteiger partial charge in [0, 0.05) is 20.1 Å². The lowest BCUT2D eigenvalue weighted by Crippen LogP contribution is -2.49. The van der Waals surface area contributed by atoms with E-state index in [0.717, 1.165) is 25.3 Å². The summed E-state index contributed by atoms with van der Waals surface area (Å²) >= 11 is 0. The Morgan fingerprint density at radius 3 is 2.76 bits per heavy atom. The highest BCUT2D eigenvalue weighted by Crippen LogP contribution is 2.18. The zero-order chi connectivity index (χ0) is 17.6. The van der Waals surface area contributed by atoms with Crippen molar-refractivity contribution in [1.29, 1.82) is 0 Å². The van der Waals surface area contributed by atoms with Crippen LogP contribution in [0.1, 0.15) is 31.2 Å². The lowest BCUT2D eigenvalue weighted by atomic mass is 10.1. The number of hydrogen-bond acceptors (Lipinski definition) is 7. The fraction of sp³-hybridized carbons (Fsp3) is 0.611. The molecular weight excluding hydrogens is 316 g/mol. The fourth-order valence-corrected chi connectivity index (χ4v) is 3.40. The molecule has 0 aromatic heterocycles. The van der Waals surface area contributed by atoms with Crippen LogP contribution in [0.2, 0.25) is 0 Å². The van der Waals surface area contributed by atoms with Crippen molar-refractivity contribution in [3.05, 3.63) is 29.8 Å². The number of nitrogens with zero attached hydrogens (tertiary/aromatic N) is 4. The molecule has 0 bridgehead atoms. The van der Waals surface area contributed by atoms with Crippen LogP contribution >= 0.6 is 0 Å². The zero-order valence-electron chi connectivity index (χ0n) is 15.1. The van der Waals surface area contributed by atoms with Crippen LogP contribution in [-0.4, -0.2) is 60.3 Å². The van der Waals surface area contributed by atoms with E-state index in [4.69, 9.17) is 16.2 Å². The van der Waals surface area contributed by atoms with Crippen molar-refractivity contribution in [2.45, 2.75) is 38.5 Å². The highest BCUT2D eigenvalue weighted by atomic mass is 16.5. The van der Waals surface area contributed by atoms with E-state index in [-0.39, 0.29) is 6.29 Å². The number of benzene rings is 1. The summed E-state index contributed by atoms with van der Waals surface area (Å²) in [5.41, 5.74) is 13.2. The lowest BCUT2D eigenvalue weighted by Gasteiger charge is -2.26. The maximum Gasteiger partial charge on any atom is 0.216 e. The molecule has 0 amide bonds. The third-order valence-corrected chi connectivity index (χ3v) is 4.82. The number of hydrogen-bond donors (Lipinski definition) is 2. The molecule has 4 N–H and O–H groups in total. The number of hydrazone groups is 1. The fourth-order valence-electron chi connectivity index (χ4n) is 3.40. The van der Waals surface area contributed by atoms with Crippen LogP contribution in [0.25, 0.3) is 0 Å². The Balaban J connectivity index is 1.42. The molecule has 25 heavy (non-hydrogen) atoms. The second kappa shape index (κ2) is 8.40. The molecule has 2 aliphatic heterocycles. The van der Waals surface area contributed by atoms with E-state index in [1.165, 1.54) is 37.9 Å². The van der Waals surface area contributed by atoms with Crippen LogP contribution in [0, 0.1) is 0 Å². The van der Waals surface area contributed by atoms with Gasteiger partial charge in [-0.3, -0.25) is 15.6 Å². The Kier molecular flexibility index (Phi) is 5.99. The van der Waals surface area contributed by atoms with Gasteiger partial charge in [-0.25, -0.2) is 0 Å². The van der Waals surface area contributed by atoms with Crippen molar-refractivity contribution in [3.63, 3.8) is 0 Å². The first kappa shape index (κ1) is 17.8. The van der Waals surface area contributed by atoms with E-state index in [0.29, 0.717) is 12.6 Å². The molecule has 0 saturated carbocycles. The van der Waals surface area contributed by atoms with E-state index in [1.54, 1.807) is 5.01 Å². The van der Waals surface area contributed by atoms with Gasteiger partial charge in [-0.15, -0.1) is 5.10 Å². The number of piperidine rings is 1. The van der Waals surface area contributed by atoms with Crippen LogP contribution in [0.4, 0.5) is 0 Å². The molecule has 0 spiro atoms. The van der Waals surface area contributed by atoms with Crippen molar-refractivity contribution < 1.29 is 4.74 Å². The van der Waals surface area contributed by atoms with Gasteiger partial charge >= 0.3 is 0 Å². The Bertz CT molecular complexity index is 587. The van der Waals surface area contributed by atoms with Crippen LogP contribution < -0.4 is 16.2 Å². The molecule has 138 valence electrons. The van der Waals surface area contributed by atoms with Crippen LogP contribution in [0.5, 0.6) is 5.75 Å². The van der Waals surface area contributed by atoms with Crippen molar-refractivity contribution >= 4 is 5.96 Å². The monoisotopic (exact) mass is 346 g/mol. The molecule has 1 aromatic carbocycles. The number of guanidine groups is 1. The molecule has 7 heteroatoms. The van der Waals surface area contributed by atoms with Crippen LogP contribution in [0.3, 0.4) is 0 Å². The van der Waals surface area contributed by atoms with Crippen molar-refractivity contribution in [2.75, 3.05) is 33.3 Å². The van der Waals surface area contributed by atoms with Crippen molar-refractivity contribution in [1.82, 2.24) is 14.8 Å². The highest BCUT2D eigenvalue weighted by Gasteiger charge is 2.26. The average Bonchev–Trinajstić information content (AvgIpc) is 2.85. The highest BCUT2D eigenvalue weighted by molar-refractivity contribution is 5.79. The molecule has 0 aliphatic carbocycles. The molecule has 7 nitrogen and oxygen atoms in total. The molecular formula is C18H30N6O. The summed E-state index contributed by atoms with van der Waals surface area (Å²) < 4.78 is 5.91. The number of rotatable bonds is 7. The molecule has 1 unspecified atom stereocenters. The van der Waals surface area contributed by atoms with E-state index in [1.807, 2.05) is 18.0 Å². The van der Waals surface area contributed by atoms with Gasteiger partial charge < -0.3 is 15.4 Å². The Morgan fingerprint density at radius 2 is 2.04 bits per heavy atom. The number of ether oxygens (including phenoxy) is 1. The van der Waals surface area contributed by atoms with Crippen LogP contribution in [0.15, 0.2) is 29.4 Å². The summed E-state index contributed by atoms with van der Waals surface area (Å²) in [6.07, 6.45) is 4.56. The molecule has 1 fully saturated rings. The van der Waals surface area contributed by atoms with E-state index < -0.39 is 0 Å². The summed E-state index contributed by atoms with van der Waals surface area (Å²) in [7, 11) is 1.82. The number of nitrogens with two attached hydrogens (primary N) is 2. The van der Waals surface area contributed by atoms with Crippen molar-refractivity contribution in [2.24, 2.45) is 16.6 Å². The zero-order valence-corrected chi connectivity index (χ0v) is 15.1. The molecule has 1 saturated heterocycles. The normalized spacial score (nSPS) is 21.5. The van der Waals surface area contributed by atoms with Gasteiger partial charge in [0.25, 0.3) is 0 Å². The first-order valence-corrected chi connectivity index (χ1v) is 9.17. The Labute approximate surface area is 150 Å². The predicted molar refractivity (Wildman–Crippen MR) is 99.7 cm³/mol. The minimum atomic E-state index is -0.284. The predicted octanol–water partition coefficient (Wildman–Crippen LogP) is 1.16. The van der Waals surface area contributed by atoms with Crippen molar-refractivity contribution in [3.8, 4) is 5.75 Å². The molecule has 2 heterocycles. The SMILES string of the molecule is CN1N=C(N)N(CCCOc2cccc(CN3CCCCC3)c2)C1N.